The van der Waals surface area contributed by atoms with Crippen LogP contribution >= 0.6 is 0 Å². The first-order valence-electron chi connectivity index (χ1n) is 6.77. The second-order valence-corrected chi connectivity index (χ2v) is 7.46. The van der Waals surface area contributed by atoms with Gasteiger partial charge in [-0.1, -0.05) is 12.1 Å². The average Bonchev–Trinajstić information content (AvgIpc) is 2.91. The number of ether oxygens (including phenoxy) is 1. The van der Waals surface area contributed by atoms with E-state index in [0.717, 1.165) is 25.2 Å². The minimum Gasteiger partial charge on any atom is -0.380 e. The standard InChI is InChI=1S/C14H22N2O3S/c1-11(15-13-8-9-19-10-13)12-4-6-14(7-5-12)20(17,18)16(2)3/h4-7,11,13,15H,8-10H2,1-3H3. The number of hydrogen-bond acceptors (Lipinski definition) is 4. The van der Waals surface area contributed by atoms with Crippen molar-refractivity contribution in [1.82, 2.24) is 9.62 Å². The van der Waals surface area contributed by atoms with E-state index in [4.69, 9.17) is 4.74 Å². The number of hydrogen-bond donors (Lipinski definition) is 1. The molecule has 0 aromatic heterocycles. The third-order valence-corrected chi connectivity index (χ3v) is 5.40. The first kappa shape index (κ1) is 15.4. The summed E-state index contributed by atoms with van der Waals surface area (Å²) in [6, 6.07) is 7.61. The second-order valence-electron chi connectivity index (χ2n) is 5.31. The molecule has 1 fully saturated rings. The summed E-state index contributed by atoms with van der Waals surface area (Å²) in [6.07, 6.45) is 1.03. The molecule has 0 radical (unpaired) electrons. The first-order valence-corrected chi connectivity index (χ1v) is 8.21. The van der Waals surface area contributed by atoms with E-state index in [-0.39, 0.29) is 6.04 Å². The molecule has 0 saturated carbocycles. The summed E-state index contributed by atoms with van der Waals surface area (Å²) in [5.74, 6) is 0. The van der Waals surface area contributed by atoms with E-state index >= 15 is 0 Å². The zero-order chi connectivity index (χ0) is 14.8. The van der Waals surface area contributed by atoms with E-state index in [0.29, 0.717) is 10.9 Å². The van der Waals surface area contributed by atoms with Crippen LogP contribution in [0.2, 0.25) is 0 Å². The minimum absolute atomic E-state index is 0.179. The molecule has 1 saturated heterocycles. The van der Waals surface area contributed by atoms with Crippen LogP contribution in [0.15, 0.2) is 29.2 Å². The second kappa shape index (κ2) is 6.22. The highest BCUT2D eigenvalue weighted by molar-refractivity contribution is 7.89. The SMILES string of the molecule is CC(NC1CCOC1)c1ccc(S(=O)(=O)N(C)C)cc1. The molecule has 2 rings (SSSR count). The van der Waals surface area contributed by atoms with Crippen molar-refractivity contribution in [3.63, 3.8) is 0 Å². The number of sulfonamides is 1. The third kappa shape index (κ3) is 3.38. The molecule has 6 heteroatoms. The van der Waals surface area contributed by atoms with Crippen LogP contribution in [0.5, 0.6) is 0 Å². The topological polar surface area (TPSA) is 58.6 Å². The van der Waals surface area contributed by atoms with E-state index < -0.39 is 10.0 Å². The highest BCUT2D eigenvalue weighted by Gasteiger charge is 2.20. The lowest BCUT2D eigenvalue weighted by Crippen LogP contribution is -2.31. The maximum atomic E-state index is 12.0. The molecule has 2 atom stereocenters. The largest absolute Gasteiger partial charge is 0.380 e. The van der Waals surface area contributed by atoms with E-state index in [1.165, 1.54) is 18.4 Å². The van der Waals surface area contributed by atoms with Gasteiger partial charge >= 0.3 is 0 Å². The summed E-state index contributed by atoms with van der Waals surface area (Å²) in [7, 11) is -0.278. The Morgan fingerprint density at radius 1 is 1.30 bits per heavy atom. The van der Waals surface area contributed by atoms with Gasteiger partial charge in [-0.3, -0.25) is 0 Å². The van der Waals surface area contributed by atoms with Crippen LogP contribution in [0.3, 0.4) is 0 Å². The molecule has 20 heavy (non-hydrogen) atoms. The lowest BCUT2D eigenvalue weighted by Gasteiger charge is -2.19. The van der Waals surface area contributed by atoms with Crippen LogP contribution in [-0.2, 0) is 14.8 Å². The molecular weight excluding hydrogens is 276 g/mol. The van der Waals surface area contributed by atoms with Crippen LogP contribution in [-0.4, -0.2) is 46.1 Å². The van der Waals surface area contributed by atoms with Gasteiger partial charge in [0.05, 0.1) is 11.5 Å². The molecule has 1 heterocycles. The maximum absolute atomic E-state index is 12.0. The van der Waals surface area contributed by atoms with E-state index in [1.807, 2.05) is 12.1 Å². The van der Waals surface area contributed by atoms with Gasteiger partial charge in [-0.05, 0) is 31.0 Å². The van der Waals surface area contributed by atoms with Gasteiger partial charge in [0.2, 0.25) is 10.0 Å². The fourth-order valence-corrected chi connectivity index (χ4v) is 3.16. The van der Waals surface area contributed by atoms with E-state index in [2.05, 4.69) is 12.2 Å². The number of rotatable bonds is 5. The Hall–Kier alpha value is -0.950. The predicted octanol–water partition coefficient (Wildman–Crippen LogP) is 1.38. The monoisotopic (exact) mass is 298 g/mol. The van der Waals surface area contributed by atoms with Gasteiger partial charge in [0.15, 0.2) is 0 Å². The van der Waals surface area contributed by atoms with Crippen LogP contribution in [0.25, 0.3) is 0 Å². The smallest absolute Gasteiger partial charge is 0.242 e. The Kier molecular flexibility index (Phi) is 4.80. The van der Waals surface area contributed by atoms with Crippen molar-refractivity contribution in [1.29, 1.82) is 0 Å². The lowest BCUT2D eigenvalue weighted by atomic mass is 10.1. The van der Waals surface area contributed by atoms with Gasteiger partial charge in [-0.15, -0.1) is 0 Å². The molecule has 112 valence electrons. The Labute approximate surface area is 121 Å². The summed E-state index contributed by atoms with van der Waals surface area (Å²) in [6.45, 7) is 3.63. The molecule has 0 spiro atoms. The summed E-state index contributed by atoms with van der Waals surface area (Å²) in [5, 5.41) is 3.49. The first-order chi connectivity index (χ1) is 9.41. The summed E-state index contributed by atoms with van der Waals surface area (Å²) < 4.78 is 30.5. The number of nitrogens with one attached hydrogen (secondary N) is 1. The molecule has 2 unspecified atom stereocenters. The fraction of sp³-hybridized carbons (Fsp3) is 0.571. The normalized spacial score (nSPS) is 21.3. The zero-order valence-electron chi connectivity index (χ0n) is 12.2. The summed E-state index contributed by atoms with van der Waals surface area (Å²) in [5.41, 5.74) is 1.08. The zero-order valence-corrected chi connectivity index (χ0v) is 13.0. The van der Waals surface area contributed by atoms with Crippen LogP contribution < -0.4 is 5.32 Å². The Bertz CT molecular complexity index is 534. The molecule has 1 aliphatic rings. The summed E-state index contributed by atoms with van der Waals surface area (Å²) >= 11 is 0. The van der Waals surface area contributed by atoms with Crippen molar-refractivity contribution in [3.05, 3.63) is 29.8 Å². The Morgan fingerprint density at radius 3 is 2.45 bits per heavy atom. The number of nitrogens with zero attached hydrogens (tertiary/aromatic N) is 1. The van der Waals surface area contributed by atoms with Crippen molar-refractivity contribution >= 4 is 10.0 Å². The Balaban J connectivity index is 2.07. The molecular formula is C14H22N2O3S. The van der Waals surface area contributed by atoms with E-state index in [1.54, 1.807) is 12.1 Å². The Morgan fingerprint density at radius 2 is 1.95 bits per heavy atom. The van der Waals surface area contributed by atoms with Crippen molar-refractivity contribution in [2.24, 2.45) is 0 Å². The molecule has 1 aromatic carbocycles. The van der Waals surface area contributed by atoms with Gasteiger partial charge in [-0.25, -0.2) is 12.7 Å². The van der Waals surface area contributed by atoms with Gasteiger partial charge in [0, 0.05) is 32.8 Å². The molecule has 1 N–H and O–H groups in total. The molecule has 0 aliphatic carbocycles. The quantitative estimate of drug-likeness (QED) is 0.892. The molecule has 5 nitrogen and oxygen atoms in total. The van der Waals surface area contributed by atoms with Gasteiger partial charge < -0.3 is 10.1 Å². The summed E-state index contributed by atoms with van der Waals surface area (Å²) in [4.78, 5) is 0.322. The van der Waals surface area contributed by atoms with Gasteiger partial charge in [0.1, 0.15) is 0 Å². The predicted molar refractivity (Wildman–Crippen MR) is 78.1 cm³/mol. The maximum Gasteiger partial charge on any atom is 0.242 e. The lowest BCUT2D eigenvalue weighted by molar-refractivity contribution is 0.188. The molecule has 0 amide bonds. The minimum atomic E-state index is -3.35. The average molecular weight is 298 g/mol. The van der Waals surface area contributed by atoms with Crippen molar-refractivity contribution in [3.8, 4) is 0 Å². The van der Waals surface area contributed by atoms with Crippen LogP contribution in [0, 0.1) is 0 Å². The molecule has 1 aliphatic heterocycles. The number of benzene rings is 1. The fourth-order valence-electron chi connectivity index (χ4n) is 2.26. The molecule has 0 bridgehead atoms. The third-order valence-electron chi connectivity index (χ3n) is 3.57. The van der Waals surface area contributed by atoms with Crippen molar-refractivity contribution in [2.75, 3.05) is 27.3 Å². The van der Waals surface area contributed by atoms with Crippen molar-refractivity contribution in [2.45, 2.75) is 30.3 Å². The highest BCUT2D eigenvalue weighted by Crippen LogP contribution is 2.19. The van der Waals surface area contributed by atoms with Crippen molar-refractivity contribution < 1.29 is 13.2 Å². The highest BCUT2D eigenvalue weighted by atomic mass is 32.2. The van der Waals surface area contributed by atoms with E-state index in [9.17, 15) is 8.42 Å². The van der Waals surface area contributed by atoms with Crippen LogP contribution in [0.1, 0.15) is 24.9 Å². The molecule has 1 aromatic rings. The van der Waals surface area contributed by atoms with Gasteiger partial charge in [-0.2, -0.15) is 0 Å². The van der Waals surface area contributed by atoms with Crippen LogP contribution in [0.4, 0.5) is 0 Å². The van der Waals surface area contributed by atoms with Gasteiger partial charge in [0.25, 0.3) is 0 Å².